The van der Waals surface area contributed by atoms with Crippen LogP contribution in [-0.2, 0) is 0 Å². The molecule has 0 unspecified atom stereocenters. The van der Waals surface area contributed by atoms with Crippen molar-refractivity contribution in [3.05, 3.63) is 31.6 Å². The number of rotatable bonds is 3. The topological polar surface area (TPSA) is 55.2 Å². The lowest BCUT2D eigenvalue weighted by Gasteiger charge is -2.27. The Kier molecular flexibility index (Phi) is 3.27. The summed E-state index contributed by atoms with van der Waals surface area (Å²) in [5, 5.41) is 13.8. The van der Waals surface area contributed by atoms with Crippen LogP contribution in [0.2, 0.25) is 0 Å². The van der Waals surface area contributed by atoms with E-state index in [0.717, 1.165) is 19.3 Å². The van der Waals surface area contributed by atoms with E-state index in [1.54, 1.807) is 22.6 Å². The van der Waals surface area contributed by atoms with Gasteiger partial charge >= 0.3 is 0 Å². The summed E-state index contributed by atoms with van der Waals surface area (Å²) in [6.45, 7) is 0. The van der Waals surface area contributed by atoms with Crippen LogP contribution in [0.4, 0.5) is 15.8 Å². The third-order valence-corrected chi connectivity index (χ3v) is 3.53. The van der Waals surface area contributed by atoms with Gasteiger partial charge in [0.25, 0.3) is 5.69 Å². The molecule has 86 valence electrons. The Morgan fingerprint density at radius 2 is 2.19 bits per heavy atom. The van der Waals surface area contributed by atoms with Gasteiger partial charge in [-0.1, -0.05) is 0 Å². The number of anilines is 1. The average molecular weight is 336 g/mol. The number of hydrogen-bond donors (Lipinski definition) is 1. The molecule has 16 heavy (non-hydrogen) atoms. The monoisotopic (exact) mass is 336 g/mol. The van der Waals surface area contributed by atoms with Gasteiger partial charge in [-0.05, 0) is 41.9 Å². The van der Waals surface area contributed by atoms with Crippen molar-refractivity contribution >= 4 is 34.0 Å². The van der Waals surface area contributed by atoms with Gasteiger partial charge in [0.2, 0.25) is 0 Å². The van der Waals surface area contributed by atoms with E-state index < -0.39 is 10.7 Å². The molecule has 0 heterocycles. The van der Waals surface area contributed by atoms with Crippen molar-refractivity contribution in [1.82, 2.24) is 0 Å². The number of nitro groups is 1. The standard InChI is InChI=1S/C10H10FIN2O2/c11-7-4-9(13-6-2-1-3-6)10(14(15)16)5-8(7)12/h4-6,13H,1-3H2. The minimum Gasteiger partial charge on any atom is -0.377 e. The van der Waals surface area contributed by atoms with Crippen molar-refractivity contribution in [2.24, 2.45) is 0 Å². The zero-order valence-electron chi connectivity index (χ0n) is 8.37. The maximum Gasteiger partial charge on any atom is 0.293 e. The second kappa shape index (κ2) is 4.52. The van der Waals surface area contributed by atoms with Gasteiger partial charge in [0.05, 0.1) is 8.49 Å². The van der Waals surface area contributed by atoms with Crippen LogP contribution in [0.15, 0.2) is 12.1 Å². The molecule has 1 N–H and O–H groups in total. The molecule has 0 aromatic heterocycles. The molecular weight excluding hydrogens is 326 g/mol. The molecule has 0 bridgehead atoms. The summed E-state index contributed by atoms with van der Waals surface area (Å²) in [6.07, 6.45) is 3.10. The van der Waals surface area contributed by atoms with Crippen molar-refractivity contribution in [1.29, 1.82) is 0 Å². The highest BCUT2D eigenvalue weighted by Crippen LogP contribution is 2.32. The Bertz CT molecular complexity index is 435. The molecule has 1 saturated carbocycles. The van der Waals surface area contributed by atoms with Gasteiger partial charge in [-0.3, -0.25) is 10.1 Å². The molecule has 0 amide bonds. The molecular formula is C10H10FIN2O2. The molecule has 2 rings (SSSR count). The highest BCUT2D eigenvalue weighted by molar-refractivity contribution is 14.1. The third kappa shape index (κ3) is 2.26. The van der Waals surface area contributed by atoms with Gasteiger partial charge < -0.3 is 5.32 Å². The molecule has 0 saturated heterocycles. The predicted molar refractivity (Wildman–Crippen MR) is 67.0 cm³/mol. The van der Waals surface area contributed by atoms with E-state index in [0.29, 0.717) is 0 Å². The van der Waals surface area contributed by atoms with Crippen molar-refractivity contribution in [2.45, 2.75) is 25.3 Å². The zero-order chi connectivity index (χ0) is 11.7. The molecule has 1 aliphatic carbocycles. The predicted octanol–water partition coefficient (Wildman–Crippen LogP) is 3.30. The van der Waals surface area contributed by atoms with Crippen molar-refractivity contribution in [3.8, 4) is 0 Å². The average Bonchev–Trinajstić information content (AvgIpc) is 2.16. The molecule has 1 aromatic carbocycles. The summed E-state index contributed by atoms with van der Waals surface area (Å²) in [4.78, 5) is 10.3. The lowest BCUT2D eigenvalue weighted by Crippen LogP contribution is -2.27. The number of hydrogen-bond acceptors (Lipinski definition) is 3. The Balaban J connectivity index is 2.32. The van der Waals surface area contributed by atoms with Crippen molar-refractivity contribution < 1.29 is 9.31 Å². The maximum atomic E-state index is 13.3. The largest absolute Gasteiger partial charge is 0.377 e. The summed E-state index contributed by atoms with van der Waals surface area (Å²) in [5.74, 6) is -0.423. The van der Waals surface area contributed by atoms with Crippen LogP contribution in [0, 0.1) is 19.5 Å². The van der Waals surface area contributed by atoms with E-state index in [1.165, 1.54) is 12.1 Å². The molecule has 1 aliphatic rings. The van der Waals surface area contributed by atoms with Crippen LogP contribution in [0.5, 0.6) is 0 Å². The highest BCUT2D eigenvalue weighted by Gasteiger charge is 2.23. The first kappa shape index (κ1) is 11.6. The third-order valence-electron chi connectivity index (χ3n) is 2.70. The van der Waals surface area contributed by atoms with Crippen molar-refractivity contribution in [2.75, 3.05) is 5.32 Å². The van der Waals surface area contributed by atoms with Crippen LogP contribution in [0.1, 0.15) is 19.3 Å². The van der Waals surface area contributed by atoms with Crippen LogP contribution in [0.25, 0.3) is 0 Å². The summed E-state index contributed by atoms with van der Waals surface area (Å²) in [6, 6.07) is 2.72. The summed E-state index contributed by atoms with van der Waals surface area (Å²) in [7, 11) is 0. The Morgan fingerprint density at radius 3 is 2.69 bits per heavy atom. The van der Waals surface area contributed by atoms with Gasteiger partial charge in [0, 0.05) is 18.2 Å². The van der Waals surface area contributed by atoms with Crippen LogP contribution < -0.4 is 5.32 Å². The van der Waals surface area contributed by atoms with E-state index in [1.807, 2.05) is 0 Å². The fourth-order valence-electron chi connectivity index (χ4n) is 1.58. The fraction of sp³-hybridized carbons (Fsp3) is 0.400. The molecule has 1 fully saturated rings. The van der Waals surface area contributed by atoms with Crippen LogP contribution in [0.3, 0.4) is 0 Å². The minimum atomic E-state index is -0.484. The van der Waals surface area contributed by atoms with Gasteiger partial charge in [-0.2, -0.15) is 0 Å². The quantitative estimate of drug-likeness (QED) is 0.523. The number of nitro benzene ring substituents is 1. The molecule has 0 aliphatic heterocycles. The van der Waals surface area contributed by atoms with Crippen LogP contribution >= 0.6 is 22.6 Å². The van der Waals surface area contributed by atoms with Gasteiger partial charge in [-0.15, -0.1) is 0 Å². The van der Waals surface area contributed by atoms with E-state index in [-0.39, 0.29) is 21.0 Å². The molecule has 6 heteroatoms. The second-order valence-electron chi connectivity index (χ2n) is 3.81. The Labute approximate surface area is 106 Å². The van der Waals surface area contributed by atoms with E-state index in [4.69, 9.17) is 0 Å². The lowest BCUT2D eigenvalue weighted by atomic mass is 9.93. The smallest absolute Gasteiger partial charge is 0.293 e. The first-order chi connectivity index (χ1) is 7.58. The SMILES string of the molecule is O=[N+]([O-])c1cc(I)c(F)cc1NC1CCC1. The lowest BCUT2D eigenvalue weighted by molar-refractivity contribution is -0.384. The number of nitrogens with one attached hydrogen (secondary N) is 1. The second-order valence-corrected chi connectivity index (χ2v) is 4.97. The molecule has 1 aromatic rings. The summed E-state index contributed by atoms with van der Waals surface area (Å²) >= 11 is 1.75. The Hall–Kier alpha value is -0.920. The van der Waals surface area contributed by atoms with E-state index in [2.05, 4.69) is 5.32 Å². The highest BCUT2D eigenvalue weighted by atomic mass is 127. The van der Waals surface area contributed by atoms with Gasteiger partial charge in [0.1, 0.15) is 11.5 Å². The summed E-state index contributed by atoms with van der Waals surface area (Å²) in [5.41, 5.74) is 0.227. The first-order valence-electron chi connectivity index (χ1n) is 4.98. The molecule has 4 nitrogen and oxygen atoms in total. The normalized spacial score (nSPS) is 15.6. The first-order valence-corrected chi connectivity index (χ1v) is 6.06. The van der Waals surface area contributed by atoms with E-state index >= 15 is 0 Å². The van der Waals surface area contributed by atoms with Gasteiger partial charge in [0.15, 0.2) is 0 Å². The maximum absolute atomic E-state index is 13.3. The molecule has 0 radical (unpaired) electrons. The van der Waals surface area contributed by atoms with Crippen LogP contribution in [-0.4, -0.2) is 11.0 Å². The Morgan fingerprint density at radius 1 is 1.50 bits per heavy atom. The summed E-state index contributed by atoms with van der Waals surface area (Å²) < 4.78 is 13.6. The molecule has 0 atom stereocenters. The number of halogens is 2. The van der Waals surface area contributed by atoms with Gasteiger partial charge in [-0.25, -0.2) is 4.39 Å². The number of nitrogens with zero attached hydrogens (tertiary/aromatic N) is 1. The van der Waals surface area contributed by atoms with Crippen molar-refractivity contribution in [3.63, 3.8) is 0 Å². The molecule has 0 spiro atoms. The fourth-order valence-corrected chi connectivity index (χ4v) is 2.03. The zero-order valence-corrected chi connectivity index (χ0v) is 10.5. The number of benzene rings is 1. The van der Waals surface area contributed by atoms with E-state index in [9.17, 15) is 14.5 Å². The minimum absolute atomic E-state index is 0.0577.